The molecule has 0 bridgehead atoms. The summed E-state index contributed by atoms with van der Waals surface area (Å²) in [5, 5.41) is 32.9. The molecular formula is C30H32O9. The lowest BCUT2D eigenvalue weighted by atomic mass is 9.71. The molecule has 0 radical (unpaired) electrons. The zero-order valence-corrected chi connectivity index (χ0v) is 22.4. The van der Waals surface area contributed by atoms with E-state index in [1.165, 1.54) is 24.3 Å². The third kappa shape index (κ3) is 5.60. The van der Waals surface area contributed by atoms with E-state index >= 15 is 0 Å². The molecule has 0 spiro atoms. The minimum Gasteiger partial charge on any atom is -0.507 e. The number of phenols is 2. The van der Waals surface area contributed by atoms with Crippen molar-refractivity contribution in [2.24, 2.45) is 0 Å². The SMILES string of the molecule is CC(C)=CC(=O)O[C@@H]1[C@@H](O)[C@@H]([C@@H]2c3cccc(O)c3C(=O)c3c(O)cc(C)cc32)OC[C@@H]1OC(=O)C=C(C)C. The van der Waals surface area contributed by atoms with Gasteiger partial charge in [0.05, 0.1) is 23.8 Å². The van der Waals surface area contributed by atoms with Gasteiger partial charge >= 0.3 is 11.9 Å². The van der Waals surface area contributed by atoms with Gasteiger partial charge in [0.25, 0.3) is 0 Å². The molecule has 9 nitrogen and oxygen atoms in total. The van der Waals surface area contributed by atoms with E-state index in [-0.39, 0.29) is 29.2 Å². The fourth-order valence-electron chi connectivity index (χ4n) is 5.17. The van der Waals surface area contributed by atoms with Crippen LogP contribution in [0.4, 0.5) is 0 Å². The standard InChI is InChI=1S/C30H32O9/c1-14(2)9-22(33)38-21-13-37-30(28(36)29(21)39-23(34)10-15(3)4)24-17-7-6-8-19(31)25(17)27(35)26-18(24)11-16(5)12-20(26)32/h6-12,21,24,28-32,36H,13H2,1-5H3/t21-,24+,28+,29-,30+/m0/s1. The van der Waals surface area contributed by atoms with E-state index < -0.39 is 48.1 Å². The van der Waals surface area contributed by atoms with Crippen LogP contribution in [0.1, 0.15) is 66.2 Å². The number of carbonyl (C=O) groups excluding carboxylic acids is 3. The topological polar surface area (TPSA) is 140 Å². The van der Waals surface area contributed by atoms with Gasteiger partial charge in [-0.15, -0.1) is 0 Å². The van der Waals surface area contributed by atoms with Gasteiger partial charge in [0.1, 0.15) is 17.6 Å². The van der Waals surface area contributed by atoms with Crippen molar-refractivity contribution in [1.29, 1.82) is 0 Å². The number of carbonyl (C=O) groups is 3. The number of aryl methyl sites for hydroxylation is 1. The van der Waals surface area contributed by atoms with Gasteiger partial charge in [0.2, 0.25) is 5.78 Å². The number of fused-ring (bicyclic) bond motifs is 2. The van der Waals surface area contributed by atoms with Gasteiger partial charge in [-0.05, 0) is 63.4 Å². The van der Waals surface area contributed by atoms with Gasteiger partial charge in [-0.1, -0.05) is 29.3 Å². The van der Waals surface area contributed by atoms with Gasteiger partial charge < -0.3 is 29.5 Å². The summed E-state index contributed by atoms with van der Waals surface area (Å²) in [7, 11) is 0. The third-order valence-corrected chi connectivity index (χ3v) is 6.65. The number of hydrogen-bond acceptors (Lipinski definition) is 9. The van der Waals surface area contributed by atoms with Crippen LogP contribution in [-0.4, -0.2) is 64.1 Å². The van der Waals surface area contributed by atoms with Crippen LogP contribution in [0, 0.1) is 6.92 Å². The molecule has 4 rings (SSSR count). The number of aromatic hydroxyl groups is 2. The average Bonchev–Trinajstić information content (AvgIpc) is 2.81. The number of rotatable bonds is 5. The molecule has 2 aromatic rings. The van der Waals surface area contributed by atoms with Crippen molar-refractivity contribution in [2.45, 2.75) is 65.0 Å². The zero-order valence-electron chi connectivity index (χ0n) is 22.4. The smallest absolute Gasteiger partial charge is 0.331 e. The molecule has 9 heteroatoms. The summed E-state index contributed by atoms with van der Waals surface area (Å²) in [6.45, 7) is 8.41. The van der Waals surface area contributed by atoms with Gasteiger partial charge in [0, 0.05) is 18.1 Å². The molecule has 0 unspecified atom stereocenters. The predicted octanol–water partition coefficient (Wildman–Crippen LogP) is 3.60. The fraction of sp³-hybridized carbons (Fsp3) is 0.367. The maximum absolute atomic E-state index is 13.4. The first kappa shape index (κ1) is 28.1. The van der Waals surface area contributed by atoms with Crippen LogP contribution in [0.2, 0.25) is 0 Å². The van der Waals surface area contributed by atoms with E-state index in [9.17, 15) is 29.7 Å². The Labute approximate surface area is 226 Å². The molecule has 1 fully saturated rings. The van der Waals surface area contributed by atoms with Crippen LogP contribution in [0.5, 0.6) is 11.5 Å². The number of ether oxygens (including phenoxy) is 3. The summed E-state index contributed by atoms with van der Waals surface area (Å²) in [5.41, 5.74) is 2.79. The number of esters is 2. The second kappa shape index (κ2) is 11.0. The molecule has 1 aliphatic carbocycles. The number of phenolic OH excluding ortho intramolecular Hbond substituents is 2. The van der Waals surface area contributed by atoms with E-state index in [4.69, 9.17) is 14.2 Å². The summed E-state index contributed by atoms with van der Waals surface area (Å²) in [4.78, 5) is 38.4. The lowest BCUT2D eigenvalue weighted by Crippen LogP contribution is -2.58. The fourth-order valence-corrected chi connectivity index (χ4v) is 5.17. The Balaban J connectivity index is 1.80. The Morgan fingerprint density at radius 3 is 2.18 bits per heavy atom. The van der Waals surface area contributed by atoms with E-state index in [1.807, 2.05) is 0 Å². The molecule has 2 aliphatic rings. The van der Waals surface area contributed by atoms with E-state index in [0.717, 1.165) is 0 Å². The molecule has 0 amide bonds. The summed E-state index contributed by atoms with van der Waals surface area (Å²) in [6, 6.07) is 7.73. The Kier molecular flexibility index (Phi) is 7.94. The van der Waals surface area contributed by atoms with E-state index in [1.54, 1.807) is 52.8 Å². The molecular weight excluding hydrogens is 504 g/mol. The van der Waals surface area contributed by atoms with Gasteiger partial charge in [-0.3, -0.25) is 4.79 Å². The normalized spacial score (nSPS) is 23.6. The number of allylic oxidation sites excluding steroid dienone is 2. The molecule has 2 aromatic carbocycles. The molecule has 0 aromatic heterocycles. The lowest BCUT2D eigenvalue weighted by molar-refractivity contribution is -0.216. The molecule has 206 valence electrons. The van der Waals surface area contributed by atoms with Gasteiger partial charge in [-0.25, -0.2) is 9.59 Å². The van der Waals surface area contributed by atoms with Crippen molar-refractivity contribution < 1.29 is 43.9 Å². The van der Waals surface area contributed by atoms with Crippen LogP contribution in [0.3, 0.4) is 0 Å². The molecule has 1 aliphatic heterocycles. The number of benzene rings is 2. The summed E-state index contributed by atoms with van der Waals surface area (Å²) in [5.74, 6) is -3.34. The van der Waals surface area contributed by atoms with Crippen molar-refractivity contribution in [3.05, 3.63) is 81.4 Å². The molecule has 1 heterocycles. The lowest BCUT2D eigenvalue weighted by Gasteiger charge is -2.43. The first-order valence-electron chi connectivity index (χ1n) is 12.6. The predicted molar refractivity (Wildman–Crippen MR) is 141 cm³/mol. The second-order valence-electron chi connectivity index (χ2n) is 10.4. The van der Waals surface area contributed by atoms with Crippen LogP contribution in [0.25, 0.3) is 0 Å². The van der Waals surface area contributed by atoms with Crippen LogP contribution < -0.4 is 0 Å². The van der Waals surface area contributed by atoms with Gasteiger partial charge in [0.15, 0.2) is 12.2 Å². The highest BCUT2D eigenvalue weighted by molar-refractivity contribution is 6.16. The monoisotopic (exact) mass is 536 g/mol. The number of hydrogen-bond donors (Lipinski definition) is 3. The van der Waals surface area contributed by atoms with E-state index in [2.05, 4.69) is 0 Å². The largest absolute Gasteiger partial charge is 0.507 e. The molecule has 1 saturated heterocycles. The molecule has 3 N–H and O–H groups in total. The number of ketones is 1. The van der Waals surface area contributed by atoms with Gasteiger partial charge in [-0.2, -0.15) is 0 Å². The Bertz CT molecular complexity index is 1380. The molecule has 39 heavy (non-hydrogen) atoms. The minimum absolute atomic E-state index is 0.00871. The first-order valence-corrected chi connectivity index (χ1v) is 12.6. The summed E-state index contributed by atoms with van der Waals surface area (Å²) >= 11 is 0. The highest BCUT2D eigenvalue weighted by Gasteiger charge is 2.50. The summed E-state index contributed by atoms with van der Waals surface area (Å²) < 4.78 is 17.2. The van der Waals surface area contributed by atoms with Crippen molar-refractivity contribution in [2.75, 3.05) is 6.61 Å². The Morgan fingerprint density at radius 1 is 0.923 bits per heavy atom. The molecule has 0 saturated carbocycles. The Hall–Kier alpha value is -3.95. The van der Waals surface area contributed by atoms with Crippen LogP contribution in [0.15, 0.2) is 53.6 Å². The van der Waals surface area contributed by atoms with Crippen molar-refractivity contribution in [3.8, 4) is 11.5 Å². The van der Waals surface area contributed by atoms with Crippen LogP contribution in [-0.2, 0) is 23.8 Å². The van der Waals surface area contributed by atoms with Crippen molar-refractivity contribution in [1.82, 2.24) is 0 Å². The first-order chi connectivity index (χ1) is 18.4. The zero-order chi connectivity index (χ0) is 28.6. The van der Waals surface area contributed by atoms with Crippen molar-refractivity contribution in [3.63, 3.8) is 0 Å². The summed E-state index contributed by atoms with van der Waals surface area (Å²) in [6.07, 6.45) is -2.49. The third-order valence-electron chi connectivity index (χ3n) is 6.65. The molecule has 5 atom stereocenters. The maximum atomic E-state index is 13.4. The number of aliphatic hydroxyl groups excluding tert-OH is 1. The Morgan fingerprint density at radius 2 is 1.54 bits per heavy atom. The van der Waals surface area contributed by atoms with Crippen LogP contribution >= 0.6 is 0 Å². The highest BCUT2D eigenvalue weighted by atomic mass is 16.6. The minimum atomic E-state index is -1.51. The maximum Gasteiger partial charge on any atom is 0.331 e. The quantitative estimate of drug-likeness (QED) is 0.386. The number of aliphatic hydroxyl groups is 1. The van der Waals surface area contributed by atoms with Crippen molar-refractivity contribution >= 4 is 17.7 Å². The second-order valence-corrected chi connectivity index (χ2v) is 10.4. The average molecular weight is 537 g/mol. The highest BCUT2D eigenvalue weighted by Crippen LogP contribution is 2.47. The van der Waals surface area contributed by atoms with E-state index in [0.29, 0.717) is 27.8 Å².